The normalized spacial score (nSPS) is 10.9. The Morgan fingerprint density at radius 2 is 1.66 bits per heavy atom. The molecule has 3 rings (SSSR count). The van der Waals surface area contributed by atoms with Crippen LogP contribution in [-0.2, 0) is 26.7 Å². The van der Waals surface area contributed by atoms with Crippen LogP contribution < -0.4 is 15.4 Å². The van der Waals surface area contributed by atoms with E-state index in [4.69, 9.17) is 9.73 Å². The molecule has 154 valence electrons. The van der Waals surface area contributed by atoms with E-state index >= 15 is 0 Å². The van der Waals surface area contributed by atoms with Gasteiger partial charge < -0.3 is 19.9 Å². The van der Waals surface area contributed by atoms with E-state index in [-0.39, 0.29) is 24.0 Å². The van der Waals surface area contributed by atoms with Gasteiger partial charge in [-0.15, -0.1) is 34.2 Å². The Balaban J connectivity index is 0.00000300. The average molecular weight is 506 g/mol. The summed E-state index contributed by atoms with van der Waals surface area (Å²) in [6.07, 6.45) is 0. The molecule has 1 aromatic heterocycles. The minimum absolute atomic E-state index is 0. The summed E-state index contributed by atoms with van der Waals surface area (Å²) in [6.45, 7) is 3.72. The minimum Gasteiger partial charge on any atom is -0.497 e. The molecule has 0 aliphatic heterocycles. The Morgan fingerprint density at radius 3 is 2.28 bits per heavy atom. The number of halogens is 1. The van der Waals surface area contributed by atoms with Crippen LogP contribution >= 0.6 is 24.0 Å². The van der Waals surface area contributed by atoms with Gasteiger partial charge in [0.15, 0.2) is 11.8 Å². The Labute approximate surface area is 188 Å². The van der Waals surface area contributed by atoms with E-state index in [1.807, 2.05) is 61.0 Å². The van der Waals surface area contributed by atoms with Crippen molar-refractivity contribution in [2.45, 2.75) is 26.6 Å². The molecule has 2 aromatic carbocycles. The van der Waals surface area contributed by atoms with Crippen LogP contribution in [0.1, 0.15) is 22.8 Å². The van der Waals surface area contributed by atoms with E-state index in [1.165, 1.54) is 0 Å². The molecule has 0 saturated carbocycles. The second-order valence-corrected chi connectivity index (χ2v) is 6.43. The van der Waals surface area contributed by atoms with Gasteiger partial charge in [0.2, 0.25) is 0 Å². The number of guanidine groups is 1. The van der Waals surface area contributed by atoms with Gasteiger partial charge >= 0.3 is 0 Å². The number of nitrogens with one attached hydrogen (secondary N) is 2. The fraction of sp³-hybridized carbons (Fsp3) is 0.286. The summed E-state index contributed by atoms with van der Waals surface area (Å²) in [5.74, 6) is 3.31. The maximum Gasteiger partial charge on any atom is 0.192 e. The van der Waals surface area contributed by atoms with E-state index in [9.17, 15) is 0 Å². The molecule has 0 aliphatic rings. The predicted octanol–water partition coefficient (Wildman–Crippen LogP) is 3.19. The van der Waals surface area contributed by atoms with Crippen LogP contribution in [0.5, 0.6) is 5.75 Å². The monoisotopic (exact) mass is 506 g/mol. The van der Waals surface area contributed by atoms with Gasteiger partial charge in [0.05, 0.1) is 20.2 Å². The summed E-state index contributed by atoms with van der Waals surface area (Å²) in [5.41, 5.74) is 2.30. The number of ether oxygens (including phenoxy) is 1. The molecule has 0 aliphatic carbocycles. The van der Waals surface area contributed by atoms with Crippen LogP contribution in [0.2, 0.25) is 0 Å². The molecule has 3 aromatic rings. The van der Waals surface area contributed by atoms with E-state index in [0.29, 0.717) is 19.6 Å². The molecule has 0 bridgehead atoms. The molecule has 0 amide bonds. The molecular weight excluding hydrogens is 479 g/mol. The van der Waals surface area contributed by atoms with Crippen molar-refractivity contribution in [2.24, 2.45) is 12.0 Å². The number of methoxy groups -OCH3 is 1. The number of aromatic nitrogens is 3. The van der Waals surface area contributed by atoms with Gasteiger partial charge in [0.25, 0.3) is 0 Å². The van der Waals surface area contributed by atoms with E-state index in [1.54, 1.807) is 7.11 Å². The lowest BCUT2D eigenvalue weighted by Gasteiger charge is -2.13. The molecule has 1 heterocycles. The highest BCUT2D eigenvalue weighted by molar-refractivity contribution is 14.0. The Morgan fingerprint density at radius 1 is 0.966 bits per heavy atom. The molecule has 0 atom stereocenters. The molecule has 0 radical (unpaired) electrons. The highest BCUT2D eigenvalue weighted by Crippen LogP contribution is 2.11. The quantitative estimate of drug-likeness (QED) is 0.293. The highest BCUT2D eigenvalue weighted by Gasteiger charge is 2.06. The Hall–Kier alpha value is -2.62. The first-order valence-corrected chi connectivity index (χ1v) is 9.19. The first kappa shape index (κ1) is 22.7. The largest absolute Gasteiger partial charge is 0.497 e. The van der Waals surface area contributed by atoms with Gasteiger partial charge in [-0.25, -0.2) is 4.99 Å². The average Bonchev–Trinajstić information content (AvgIpc) is 3.06. The third kappa shape index (κ3) is 6.74. The van der Waals surface area contributed by atoms with E-state index in [2.05, 4.69) is 33.0 Å². The fourth-order valence-electron chi connectivity index (χ4n) is 2.62. The van der Waals surface area contributed by atoms with E-state index < -0.39 is 0 Å². The summed E-state index contributed by atoms with van der Waals surface area (Å²) in [4.78, 5) is 4.71. The van der Waals surface area contributed by atoms with Crippen molar-refractivity contribution in [2.75, 3.05) is 7.11 Å². The van der Waals surface area contributed by atoms with Crippen LogP contribution in [0, 0.1) is 6.92 Å². The van der Waals surface area contributed by atoms with Crippen molar-refractivity contribution in [1.82, 2.24) is 25.4 Å². The smallest absolute Gasteiger partial charge is 0.192 e. The summed E-state index contributed by atoms with van der Waals surface area (Å²) >= 11 is 0. The van der Waals surface area contributed by atoms with Crippen molar-refractivity contribution < 1.29 is 4.74 Å². The molecule has 0 unspecified atom stereocenters. The van der Waals surface area contributed by atoms with Crippen LogP contribution in [-0.4, -0.2) is 27.8 Å². The molecule has 7 nitrogen and oxygen atoms in total. The van der Waals surface area contributed by atoms with Crippen molar-refractivity contribution in [1.29, 1.82) is 0 Å². The first-order chi connectivity index (χ1) is 13.7. The first-order valence-electron chi connectivity index (χ1n) is 9.19. The minimum atomic E-state index is 0. The summed E-state index contributed by atoms with van der Waals surface area (Å²) in [6, 6.07) is 18.1. The lowest BCUT2D eigenvalue weighted by atomic mass is 10.2. The van der Waals surface area contributed by atoms with Gasteiger partial charge in [-0.3, -0.25) is 0 Å². The van der Waals surface area contributed by atoms with Crippen molar-refractivity contribution in [3.05, 3.63) is 77.4 Å². The van der Waals surface area contributed by atoms with E-state index in [0.717, 1.165) is 34.5 Å². The standard InChI is InChI=1S/C21H26N6O.HI/c1-16-25-26-20(27(16)2)15-24-21(22-13-17-7-5-4-6-8-17)23-14-18-9-11-19(28-3)12-10-18;/h4-12H,13-15H2,1-3H3,(H2,22,23,24);1H. The number of hydrogen-bond donors (Lipinski definition) is 2. The number of hydrogen-bond acceptors (Lipinski definition) is 4. The number of benzene rings is 2. The topological polar surface area (TPSA) is 76.4 Å². The predicted molar refractivity (Wildman–Crippen MR) is 125 cm³/mol. The lowest BCUT2D eigenvalue weighted by Crippen LogP contribution is -2.37. The zero-order chi connectivity index (χ0) is 19.8. The fourth-order valence-corrected chi connectivity index (χ4v) is 2.62. The number of aliphatic imine (C=N–C) groups is 1. The van der Waals surface area contributed by atoms with Crippen LogP contribution in [0.15, 0.2) is 59.6 Å². The third-order valence-corrected chi connectivity index (χ3v) is 4.48. The number of nitrogens with zero attached hydrogens (tertiary/aromatic N) is 4. The number of aryl methyl sites for hydroxylation is 1. The van der Waals surface area contributed by atoms with Crippen molar-refractivity contribution in [3.8, 4) is 5.75 Å². The molecule has 8 heteroatoms. The van der Waals surface area contributed by atoms with Crippen LogP contribution in [0.25, 0.3) is 0 Å². The summed E-state index contributed by atoms with van der Waals surface area (Å²) < 4.78 is 7.17. The molecule has 0 fully saturated rings. The second-order valence-electron chi connectivity index (χ2n) is 6.43. The molecular formula is C21H27IN6O. The molecule has 0 spiro atoms. The van der Waals surface area contributed by atoms with Gasteiger partial charge in [-0.2, -0.15) is 0 Å². The third-order valence-electron chi connectivity index (χ3n) is 4.48. The van der Waals surface area contributed by atoms with Crippen molar-refractivity contribution >= 4 is 29.9 Å². The van der Waals surface area contributed by atoms with Gasteiger partial charge in [0, 0.05) is 13.6 Å². The number of rotatable bonds is 7. The zero-order valence-electron chi connectivity index (χ0n) is 16.9. The maximum absolute atomic E-state index is 5.21. The van der Waals surface area contributed by atoms with Gasteiger partial charge in [-0.05, 0) is 30.2 Å². The molecule has 0 saturated heterocycles. The van der Waals surface area contributed by atoms with Gasteiger partial charge in [-0.1, -0.05) is 42.5 Å². The van der Waals surface area contributed by atoms with Crippen LogP contribution in [0.3, 0.4) is 0 Å². The lowest BCUT2D eigenvalue weighted by molar-refractivity contribution is 0.414. The van der Waals surface area contributed by atoms with Crippen LogP contribution in [0.4, 0.5) is 0 Å². The second kappa shape index (κ2) is 11.4. The van der Waals surface area contributed by atoms with Gasteiger partial charge in [0.1, 0.15) is 11.6 Å². The highest BCUT2D eigenvalue weighted by atomic mass is 127. The maximum atomic E-state index is 5.21. The summed E-state index contributed by atoms with van der Waals surface area (Å²) in [7, 11) is 3.62. The van der Waals surface area contributed by atoms with Crippen molar-refractivity contribution in [3.63, 3.8) is 0 Å². The SMILES string of the molecule is COc1ccc(CNC(=NCc2ccccc2)NCc2nnc(C)n2C)cc1.I. The molecule has 2 N–H and O–H groups in total. The summed E-state index contributed by atoms with van der Waals surface area (Å²) in [5, 5.41) is 15.0. The zero-order valence-corrected chi connectivity index (χ0v) is 19.3. The molecule has 29 heavy (non-hydrogen) atoms. The Bertz CT molecular complexity index is 909. The Kier molecular flexibility index (Phi) is 8.91.